The summed E-state index contributed by atoms with van der Waals surface area (Å²) in [4.78, 5) is 34.3. The summed E-state index contributed by atoms with van der Waals surface area (Å²) in [5, 5.41) is 39.0. The highest BCUT2D eigenvalue weighted by Crippen LogP contribution is 2.41. The third-order valence-electron chi connectivity index (χ3n) is 4.58. The topological polar surface area (TPSA) is 153 Å². The van der Waals surface area contributed by atoms with Gasteiger partial charge in [-0.25, -0.2) is 4.79 Å². The van der Waals surface area contributed by atoms with Gasteiger partial charge in [0.15, 0.2) is 11.5 Å². The average molecular weight is 379 g/mol. The summed E-state index contributed by atoms with van der Waals surface area (Å²) in [6.45, 7) is 1.11. The normalized spacial score (nSPS) is 20.5. The Hall–Kier alpha value is -2.75. The number of carbonyl (C=O) groups is 3. The Balaban J connectivity index is 0.000000465. The number of Topliss-reactive ketones (excluding diaryl/α,β-unsaturated/α-hetero) is 2. The van der Waals surface area contributed by atoms with Crippen LogP contribution in [0.4, 0.5) is 4.79 Å². The molecule has 0 radical (unpaired) electrons. The Kier molecular flexibility index (Phi) is 5.99. The Labute approximate surface area is 154 Å². The van der Waals surface area contributed by atoms with E-state index in [9.17, 15) is 29.7 Å². The first kappa shape index (κ1) is 20.6. The van der Waals surface area contributed by atoms with Crippen molar-refractivity contribution in [1.82, 2.24) is 5.32 Å². The Bertz CT molecular complexity index is 842. The number of allylic oxidation sites excluding steroid dienone is 2. The minimum atomic E-state index is -1.17. The molecule has 3 rings (SSSR count). The number of hydrogen-bond acceptors (Lipinski definition) is 7. The molecule has 0 bridgehead atoms. The van der Waals surface area contributed by atoms with E-state index in [1.165, 1.54) is 27.1 Å². The molecule has 1 aromatic carbocycles. The maximum absolute atomic E-state index is 12.6. The van der Waals surface area contributed by atoms with Gasteiger partial charge >= 0.3 is 6.09 Å². The van der Waals surface area contributed by atoms with Gasteiger partial charge in [0.2, 0.25) is 5.78 Å². The number of ketones is 2. The smallest absolute Gasteiger partial charge is 0.404 e. The van der Waals surface area contributed by atoms with Crippen LogP contribution in [0.1, 0.15) is 50.4 Å². The molecule has 0 saturated heterocycles. The SMILES string of the molecule is CNC(=O)O.COC1=C(C)C(=O)c2c(cc(CO)c3c2CC(O)C3O)C1=O. The van der Waals surface area contributed by atoms with Crippen LogP contribution in [0.15, 0.2) is 17.4 Å². The van der Waals surface area contributed by atoms with E-state index in [-0.39, 0.29) is 34.7 Å². The number of rotatable bonds is 2. The monoisotopic (exact) mass is 379 g/mol. The molecule has 9 nitrogen and oxygen atoms in total. The number of fused-ring (bicyclic) bond motifs is 3. The lowest BCUT2D eigenvalue weighted by Crippen LogP contribution is -2.24. The number of carboxylic acid groups (broad SMARTS) is 1. The lowest BCUT2D eigenvalue weighted by molar-refractivity contribution is 0.0317. The molecule has 0 aliphatic heterocycles. The van der Waals surface area contributed by atoms with Crippen molar-refractivity contribution in [2.75, 3.05) is 14.2 Å². The van der Waals surface area contributed by atoms with Crippen LogP contribution in [0.2, 0.25) is 0 Å². The lowest BCUT2D eigenvalue weighted by Gasteiger charge is -2.22. The molecule has 0 fully saturated rings. The summed E-state index contributed by atoms with van der Waals surface area (Å²) >= 11 is 0. The van der Waals surface area contributed by atoms with Gasteiger partial charge in [-0.2, -0.15) is 0 Å². The van der Waals surface area contributed by atoms with Gasteiger partial charge in [0, 0.05) is 30.2 Å². The fraction of sp³-hybridized carbons (Fsp3) is 0.389. The number of aliphatic hydroxyl groups excluding tert-OH is 3. The van der Waals surface area contributed by atoms with Gasteiger partial charge in [0.05, 0.1) is 19.8 Å². The van der Waals surface area contributed by atoms with Crippen LogP contribution in [0.25, 0.3) is 0 Å². The van der Waals surface area contributed by atoms with Crippen molar-refractivity contribution in [1.29, 1.82) is 0 Å². The first-order chi connectivity index (χ1) is 12.7. The summed E-state index contributed by atoms with van der Waals surface area (Å²) in [6.07, 6.45) is -3.15. The number of aliphatic hydroxyl groups is 3. The summed E-state index contributed by atoms with van der Waals surface area (Å²) in [5.74, 6) is -0.795. The van der Waals surface area contributed by atoms with Crippen molar-refractivity contribution in [3.05, 3.63) is 45.2 Å². The van der Waals surface area contributed by atoms with Gasteiger partial charge < -0.3 is 30.5 Å². The second kappa shape index (κ2) is 7.87. The van der Waals surface area contributed by atoms with Gasteiger partial charge in [-0.15, -0.1) is 0 Å². The fourth-order valence-electron chi connectivity index (χ4n) is 3.31. The highest BCUT2D eigenvalue weighted by atomic mass is 16.5. The van der Waals surface area contributed by atoms with E-state index in [0.29, 0.717) is 16.7 Å². The molecule has 0 aromatic heterocycles. The van der Waals surface area contributed by atoms with E-state index in [1.807, 2.05) is 5.32 Å². The third-order valence-corrected chi connectivity index (χ3v) is 4.58. The lowest BCUT2D eigenvalue weighted by atomic mass is 9.82. The van der Waals surface area contributed by atoms with Crippen molar-refractivity contribution >= 4 is 17.7 Å². The molecule has 0 saturated carbocycles. The van der Waals surface area contributed by atoms with Crippen LogP contribution in [0.5, 0.6) is 0 Å². The van der Waals surface area contributed by atoms with Crippen LogP contribution >= 0.6 is 0 Å². The van der Waals surface area contributed by atoms with Gasteiger partial charge in [-0.3, -0.25) is 9.59 Å². The van der Waals surface area contributed by atoms with Crippen LogP contribution in [-0.2, 0) is 17.8 Å². The molecule has 1 amide bonds. The Morgan fingerprint density at radius 2 is 1.89 bits per heavy atom. The Morgan fingerprint density at radius 1 is 1.30 bits per heavy atom. The van der Waals surface area contributed by atoms with E-state index in [1.54, 1.807) is 0 Å². The summed E-state index contributed by atoms with van der Waals surface area (Å²) in [7, 11) is 2.67. The number of ether oxygens (including phenoxy) is 1. The third kappa shape index (κ3) is 3.44. The first-order valence-corrected chi connectivity index (χ1v) is 8.10. The molecule has 146 valence electrons. The second-order valence-electron chi connectivity index (χ2n) is 6.10. The molecule has 5 N–H and O–H groups in total. The molecule has 2 aliphatic rings. The van der Waals surface area contributed by atoms with E-state index in [4.69, 9.17) is 9.84 Å². The zero-order chi connectivity index (χ0) is 20.5. The number of benzene rings is 1. The number of nitrogens with one attached hydrogen (secondary N) is 1. The molecule has 0 heterocycles. The zero-order valence-electron chi connectivity index (χ0n) is 15.1. The molecule has 2 atom stereocenters. The van der Waals surface area contributed by atoms with E-state index in [0.717, 1.165) is 0 Å². The van der Waals surface area contributed by atoms with Gasteiger partial charge in [0.1, 0.15) is 6.10 Å². The van der Waals surface area contributed by atoms with E-state index in [2.05, 4.69) is 0 Å². The number of carbonyl (C=O) groups excluding carboxylic acids is 2. The molecular weight excluding hydrogens is 358 g/mol. The summed E-state index contributed by atoms with van der Waals surface area (Å²) < 4.78 is 5.03. The Morgan fingerprint density at radius 3 is 2.37 bits per heavy atom. The molecule has 1 aromatic rings. The highest BCUT2D eigenvalue weighted by Gasteiger charge is 2.40. The van der Waals surface area contributed by atoms with Crippen LogP contribution in [0, 0.1) is 0 Å². The minimum absolute atomic E-state index is 0.0135. The van der Waals surface area contributed by atoms with Gasteiger partial charge in [0.25, 0.3) is 0 Å². The standard InChI is InChI=1S/C16H16O6.C2H5NO2/c1-6-13(19)12-8-4-10(18)15(21)11(8)7(5-17)3-9(12)14(20)16(6)22-2;1-3-2(4)5/h3,10,15,17-18,21H,4-5H2,1-2H3;3H,1H3,(H,4,5). The highest BCUT2D eigenvalue weighted by molar-refractivity contribution is 6.26. The van der Waals surface area contributed by atoms with E-state index >= 15 is 0 Å². The average Bonchev–Trinajstić information content (AvgIpc) is 2.94. The fourth-order valence-corrected chi connectivity index (χ4v) is 3.31. The quantitative estimate of drug-likeness (QED) is 0.492. The second-order valence-corrected chi connectivity index (χ2v) is 6.10. The largest absolute Gasteiger partial charge is 0.492 e. The predicted octanol–water partition coefficient (Wildman–Crippen LogP) is 0.313. The van der Waals surface area contributed by atoms with Crippen molar-refractivity contribution in [2.45, 2.75) is 32.2 Å². The number of amides is 1. The summed E-state index contributed by atoms with van der Waals surface area (Å²) in [6, 6.07) is 1.40. The maximum atomic E-state index is 12.6. The molecule has 9 heteroatoms. The van der Waals surface area contributed by atoms with Gasteiger partial charge in [-0.05, 0) is 29.7 Å². The van der Waals surface area contributed by atoms with Crippen LogP contribution in [0.3, 0.4) is 0 Å². The zero-order valence-corrected chi connectivity index (χ0v) is 15.1. The molecule has 2 unspecified atom stereocenters. The van der Waals surface area contributed by atoms with Gasteiger partial charge in [-0.1, -0.05) is 0 Å². The maximum Gasteiger partial charge on any atom is 0.404 e. The van der Waals surface area contributed by atoms with Crippen molar-refractivity contribution in [2.24, 2.45) is 0 Å². The van der Waals surface area contributed by atoms with Crippen molar-refractivity contribution in [3.63, 3.8) is 0 Å². The van der Waals surface area contributed by atoms with Crippen LogP contribution in [-0.4, -0.2) is 58.3 Å². The molecule has 2 aliphatic carbocycles. The van der Waals surface area contributed by atoms with Crippen molar-refractivity contribution < 1.29 is 39.5 Å². The summed E-state index contributed by atoms with van der Waals surface area (Å²) in [5.41, 5.74) is 1.68. The predicted molar refractivity (Wildman–Crippen MR) is 92.5 cm³/mol. The molecule has 27 heavy (non-hydrogen) atoms. The first-order valence-electron chi connectivity index (χ1n) is 8.10. The van der Waals surface area contributed by atoms with Crippen molar-refractivity contribution in [3.8, 4) is 0 Å². The number of methoxy groups -OCH3 is 1. The van der Waals surface area contributed by atoms with Crippen LogP contribution < -0.4 is 5.32 Å². The minimum Gasteiger partial charge on any atom is -0.492 e. The molecular formula is C18H21NO8. The number of hydrogen-bond donors (Lipinski definition) is 5. The van der Waals surface area contributed by atoms with E-state index < -0.39 is 30.7 Å². The molecule has 0 spiro atoms.